The molecule has 94 valence electrons. The predicted octanol–water partition coefficient (Wildman–Crippen LogP) is 1.58. The highest BCUT2D eigenvalue weighted by atomic mass is 32.1. The van der Waals surface area contributed by atoms with Crippen molar-refractivity contribution in [2.24, 2.45) is 0 Å². The molecular weight excluding hydrogens is 236 g/mol. The van der Waals surface area contributed by atoms with Gasteiger partial charge >= 0.3 is 0 Å². The van der Waals surface area contributed by atoms with Gasteiger partial charge in [-0.3, -0.25) is 4.79 Å². The van der Waals surface area contributed by atoms with Gasteiger partial charge in [-0.1, -0.05) is 0 Å². The standard InChI is InChI=1S/C12H18N2O2S/c1-8-5-14(6-9(2)13-8)12(15)11-4-10(16-3)7-17-11/h4,7-9,13H,5-6H2,1-3H3/t8-,9-/m1/s1. The van der Waals surface area contributed by atoms with Crippen LogP contribution in [0.2, 0.25) is 0 Å². The van der Waals surface area contributed by atoms with E-state index in [-0.39, 0.29) is 5.91 Å². The van der Waals surface area contributed by atoms with Crippen LogP contribution in [0, 0.1) is 0 Å². The first-order valence-corrected chi connectivity index (χ1v) is 6.66. The van der Waals surface area contributed by atoms with Crippen LogP contribution in [0.15, 0.2) is 11.4 Å². The van der Waals surface area contributed by atoms with Gasteiger partial charge in [-0.25, -0.2) is 0 Å². The van der Waals surface area contributed by atoms with Crippen LogP contribution < -0.4 is 10.1 Å². The molecule has 0 unspecified atom stereocenters. The lowest BCUT2D eigenvalue weighted by molar-refractivity contribution is 0.0678. The molecule has 1 fully saturated rings. The Morgan fingerprint density at radius 3 is 2.65 bits per heavy atom. The number of rotatable bonds is 2. The van der Waals surface area contributed by atoms with Crippen molar-refractivity contribution in [3.63, 3.8) is 0 Å². The van der Waals surface area contributed by atoms with Crippen LogP contribution in [0.4, 0.5) is 0 Å². The summed E-state index contributed by atoms with van der Waals surface area (Å²) in [4.78, 5) is 14.9. The molecule has 0 radical (unpaired) electrons. The maximum atomic E-state index is 12.3. The van der Waals surface area contributed by atoms with Gasteiger partial charge in [0, 0.05) is 36.6 Å². The number of amides is 1. The summed E-state index contributed by atoms with van der Waals surface area (Å²) in [7, 11) is 1.62. The van der Waals surface area contributed by atoms with Gasteiger partial charge in [0.25, 0.3) is 5.91 Å². The molecule has 0 bridgehead atoms. The molecule has 4 nitrogen and oxygen atoms in total. The second kappa shape index (κ2) is 5.06. The van der Waals surface area contributed by atoms with Gasteiger partial charge in [0.2, 0.25) is 0 Å². The Balaban J connectivity index is 2.08. The Morgan fingerprint density at radius 2 is 2.12 bits per heavy atom. The van der Waals surface area contributed by atoms with E-state index in [2.05, 4.69) is 19.2 Å². The lowest BCUT2D eigenvalue weighted by Gasteiger charge is -2.35. The molecule has 0 spiro atoms. The average molecular weight is 254 g/mol. The predicted molar refractivity (Wildman–Crippen MR) is 68.8 cm³/mol. The minimum Gasteiger partial charge on any atom is -0.496 e. The Hall–Kier alpha value is -1.07. The third-order valence-corrected chi connectivity index (χ3v) is 3.76. The molecule has 1 aromatic rings. The first-order chi connectivity index (χ1) is 8.10. The van der Waals surface area contributed by atoms with Crippen molar-refractivity contribution < 1.29 is 9.53 Å². The molecule has 1 saturated heterocycles. The van der Waals surface area contributed by atoms with Crippen LogP contribution in [0.5, 0.6) is 5.75 Å². The normalized spacial score (nSPS) is 24.8. The first-order valence-electron chi connectivity index (χ1n) is 5.78. The zero-order chi connectivity index (χ0) is 12.4. The topological polar surface area (TPSA) is 41.6 Å². The van der Waals surface area contributed by atoms with Crippen LogP contribution >= 0.6 is 11.3 Å². The summed E-state index contributed by atoms with van der Waals surface area (Å²) < 4.78 is 5.10. The van der Waals surface area contributed by atoms with E-state index in [4.69, 9.17) is 4.74 Å². The second-order valence-corrected chi connectivity index (χ2v) is 5.44. The fraction of sp³-hybridized carbons (Fsp3) is 0.583. The molecule has 0 aliphatic carbocycles. The van der Waals surface area contributed by atoms with Crippen LogP contribution in [0.3, 0.4) is 0 Å². The van der Waals surface area contributed by atoms with E-state index >= 15 is 0 Å². The molecule has 2 heterocycles. The van der Waals surface area contributed by atoms with Crippen LogP contribution in [0.25, 0.3) is 0 Å². The molecule has 1 N–H and O–H groups in total. The number of hydrogen-bond donors (Lipinski definition) is 1. The highest BCUT2D eigenvalue weighted by Gasteiger charge is 2.26. The van der Waals surface area contributed by atoms with E-state index in [9.17, 15) is 4.79 Å². The quantitative estimate of drug-likeness (QED) is 0.871. The minimum atomic E-state index is 0.110. The van der Waals surface area contributed by atoms with Gasteiger partial charge in [0.05, 0.1) is 12.0 Å². The van der Waals surface area contributed by atoms with E-state index in [1.54, 1.807) is 7.11 Å². The smallest absolute Gasteiger partial charge is 0.264 e. The van der Waals surface area contributed by atoms with E-state index in [0.717, 1.165) is 23.7 Å². The summed E-state index contributed by atoms with van der Waals surface area (Å²) >= 11 is 1.44. The second-order valence-electron chi connectivity index (χ2n) is 4.53. The first kappa shape index (κ1) is 12.4. The van der Waals surface area contributed by atoms with Crippen molar-refractivity contribution in [3.8, 4) is 5.75 Å². The summed E-state index contributed by atoms with van der Waals surface area (Å²) in [5.74, 6) is 0.869. The Kier molecular flexibility index (Phi) is 3.69. The van der Waals surface area contributed by atoms with Gasteiger partial charge in [0.1, 0.15) is 5.75 Å². The van der Waals surface area contributed by atoms with Gasteiger partial charge in [-0.05, 0) is 13.8 Å². The zero-order valence-corrected chi connectivity index (χ0v) is 11.2. The zero-order valence-electron chi connectivity index (χ0n) is 10.4. The molecule has 2 atom stereocenters. The third-order valence-electron chi connectivity index (χ3n) is 2.87. The molecule has 5 heteroatoms. The number of hydrogen-bond acceptors (Lipinski definition) is 4. The summed E-state index contributed by atoms with van der Waals surface area (Å²) in [6.45, 7) is 5.74. The fourth-order valence-electron chi connectivity index (χ4n) is 2.19. The maximum Gasteiger partial charge on any atom is 0.264 e. The van der Waals surface area contributed by atoms with Crippen LogP contribution in [-0.4, -0.2) is 43.1 Å². The monoisotopic (exact) mass is 254 g/mol. The molecule has 1 aliphatic rings. The molecule has 17 heavy (non-hydrogen) atoms. The molecule has 1 aromatic heterocycles. The molecule has 0 aromatic carbocycles. The van der Waals surface area contributed by atoms with E-state index in [0.29, 0.717) is 12.1 Å². The molecule has 2 rings (SSSR count). The van der Waals surface area contributed by atoms with Gasteiger partial charge < -0.3 is 15.0 Å². The lowest BCUT2D eigenvalue weighted by atomic mass is 10.1. The van der Waals surface area contributed by atoms with E-state index in [1.165, 1.54) is 11.3 Å². The SMILES string of the molecule is COc1csc(C(=O)N2C[C@@H](C)N[C@H](C)C2)c1. The molecule has 1 aliphatic heterocycles. The van der Waals surface area contributed by atoms with Crippen molar-refractivity contribution in [1.29, 1.82) is 0 Å². The highest BCUT2D eigenvalue weighted by Crippen LogP contribution is 2.23. The van der Waals surface area contributed by atoms with Gasteiger partial charge in [-0.15, -0.1) is 11.3 Å². The lowest BCUT2D eigenvalue weighted by Crippen LogP contribution is -2.55. The summed E-state index contributed by atoms with van der Waals surface area (Å²) in [5.41, 5.74) is 0. The van der Waals surface area contributed by atoms with Gasteiger partial charge in [-0.2, -0.15) is 0 Å². The number of thiophene rings is 1. The molecule has 1 amide bonds. The van der Waals surface area contributed by atoms with Crippen molar-refractivity contribution >= 4 is 17.2 Å². The van der Waals surface area contributed by atoms with Crippen LogP contribution in [-0.2, 0) is 0 Å². The highest BCUT2D eigenvalue weighted by molar-refractivity contribution is 7.12. The van der Waals surface area contributed by atoms with Crippen molar-refractivity contribution in [2.45, 2.75) is 25.9 Å². The third kappa shape index (κ3) is 2.79. The van der Waals surface area contributed by atoms with Crippen molar-refractivity contribution in [2.75, 3.05) is 20.2 Å². The maximum absolute atomic E-state index is 12.3. The Bertz CT molecular complexity index is 395. The number of methoxy groups -OCH3 is 1. The largest absolute Gasteiger partial charge is 0.496 e. The number of nitrogens with zero attached hydrogens (tertiary/aromatic N) is 1. The molecular formula is C12H18N2O2S. The summed E-state index contributed by atoms with van der Waals surface area (Å²) in [6.07, 6.45) is 0. The number of carbonyl (C=O) groups is 1. The Labute approximate surface area is 106 Å². The number of piperazine rings is 1. The summed E-state index contributed by atoms with van der Waals surface area (Å²) in [6, 6.07) is 2.51. The average Bonchev–Trinajstić information content (AvgIpc) is 2.75. The van der Waals surface area contributed by atoms with E-state index < -0.39 is 0 Å². The Morgan fingerprint density at radius 1 is 1.47 bits per heavy atom. The number of carbonyl (C=O) groups excluding carboxylic acids is 1. The number of nitrogens with one attached hydrogen (secondary N) is 1. The number of ether oxygens (including phenoxy) is 1. The minimum absolute atomic E-state index is 0.110. The van der Waals surface area contributed by atoms with Crippen molar-refractivity contribution in [1.82, 2.24) is 10.2 Å². The fourth-order valence-corrected chi connectivity index (χ4v) is 3.01. The summed E-state index contributed by atoms with van der Waals surface area (Å²) in [5, 5.41) is 5.28. The van der Waals surface area contributed by atoms with Crippen molar-refractivity contribution in [3.05, 3.63) is 16.3 Å². The van der Waals surface area contributed by atoms with Crippen LogP contribution in [0.1, 0.15) is 23.5 Å². The van der Waals surface area contributed by atoms with Gasteiger partial charge in [0.15, 0.2) is 0 Å². The molecule has 0 saturated carbocycles. The van der Waals surface area contributed by atoms with E-state index in [1.807, 2.05) is 16.3 Å².